The number of hydrogen-bond acceptors (Lipinski definition) is 25. The Morgan fingerprint density at radius 2 is 0.606 bits per heavy atom. The smallest absolute Gasteiger partial charge is 0.333 e. The van der Waals surface area contributed by atoms with Crippen molar-refractivity contribution in [2.75, 3.05) is 60.9 Å². The van der Waals surface area contributed by atoms with E-state index in [1.807, 2.05) is 73.7 Å². The van der Waals surface area contributed by atoms with E-state index in [1.54, 1.807) is 63.5 Å². The first-order valence-electron chi connectivity index (χ1n) is 43.9. The fourth-order valence-corrected chi connectivity index (χ4v) is 20.7. The summed E-state index contributed by atoms with van der Waals surface area (Å²) in [5.41, 5.74) is 18.7. The topological polar surface area (TPSA) is 470 Å². The van der Waals surface area contributed by atoms with Gasteiger partial charge in [-0.3, -0.25) is 18.7 Å². The monoisotopic (exact) mass is 1870 g/mol. The van der Waals surface area contributed by atoms with Crippen molar-refractivity contribution in [1.82, 2.24) is 77.9 Å². The molecule has 16 bridgehead atoms. The largest absolute Gasteiger partial charge is 0.478 e. The van der Waals surface area contributed by atoms with Crippen molar-refractivity contribution in [2.24, 2.45) is 0 Å². The number of aromatic nitrogens is 12. The Bertz CT molecular complexity index is 6660. The molecule has 0 spiro atoms. The molecule has 41 heteroatoms. The molecule has 12 aromatic rings. The number of ether oxygens (including phenoxy) is 5. The lowest BCUT2D eigenvalue weighted by Gasteiger charge is -2.19. The fourth-order valence-electron chi connectivity index (χ4n) is 17.3. The van der Waals surface area contributed by atoms with Crippen molar-refractivity contribution < 1.29 is 76.5 Å². The summed E-state index contributed by atoms with van der Waals surface area (Å²) < 4.78 is 145. The quantitative estimate of drug-likeness (QED) is 0.0699. The molecule has 0 fully saturated rings. The first kappa shape index (κ1) is 90.3. The van der Waals surface area contributed by atoms with E-state index in [-0.39, 0.29) is 20.1 Å². The number of pyridine rings is 4. The maximum Gasteiger partial charge on any atom is 0.333 e. The van der Waals surface area contributed by atoms with Crippen molar-refractivity contribution >= 4 is 87.0 Å². The number of amides is 8. The second-order valence-corrected chi connectivity index (χ2v) is 39.2. The average Bonchev–Trinajstić information content (AvgIpc) is 1.33. The zero-order chi connectivity index (χ0) is 91.5. The predicted octanol–water partition coefficient (Wildman–Crippen LogP) is 12.8. The third-order valence-corrected chi connectivity index (χ3v) is 28.5. The van der Waals surface area contributed by atoms with Crippen molar-refractivity contribution in [3.8, 4) is 68.0 Å². The summed E-state index contributed by atoms with van der Waals surface area (Å²) in [5.74, 6) is 1.98. The minimum Gasteiger partial charge on any atom is -0.478 e. The predicted molar refractivity (Wildman–Crippen MR) is 488 cm³/mol. The van der Waals surface area contributed by atoms with Gasteiger partial charge in [0.15, 0.2) is 20.1 Å². The number of anilines is 4. The molecular formula is C91H98N20O17S4. The van der Waals surface area contributed by atoms with E-state index in [4.69, 9.17) is 23.7 Å². The molecule has 688 valence electrons. The molecule has 4 aliphatic heterocycles. The van der Waals surface area contributed by atoms with E-state index in [9.17, 15) is 52.8 Å². The van der Waals surface area contributed by atoms with E-state index in [0.29, 0.717) is 112 Å². The number of rotatable bonds is 0. The lowest BCUT2D eigenvalue weighted by molar-refractivity contribution is 0.0910. The molecule has 0 saturated carbocycles. The molecule has 8 amide bonds. The van der Waals surface area contributed by atoms with Crippen LogP contribution < -0.4 is 59.1 Å². The van der Waals surface area contributed by atoms with Gasteiger partial charge in [0.05, 0.1) is 62.3 Å². The molecule has 8 N–H and O–H groups in total. The van der Waals surface area contributed by atoms with Crippen LogP contribution in [0, 0.1) is 6.92 Å². The van der Waals surface area contributed by atoms with Crippen LogP contribution in [-0.4, -0.2) is 156 Å². The van der Waals surface area contributed by atoms with Gasteiger partial charge in [-0.15, -0.1) is 0 Å². The van der Waals surface area contributed by atoms with Gasteiger partial charge in [-0.1, -0.05) is 42.5 Å². The van der Waals surface area contributed by atoms with E-state index in [2.05, 4.69) is 98.7 Å². The number of nitrogens with one attached hydrogen (secondary N) is 8. The molecular weight excluding hydrogens is 1770 g/mol. The molecule has 0 unspecified atom stereocenters. The highest BCUT2D eigenvalue weighted by atomic mass is 32.2. The molecule has 8 aliphatic rings. The number of benzene rings is 4. The number of hydrogen-bond donors (Lipinski definition) is 8. The van der Waals surface area contributed by atoms with Gasteiger partial charge in [0.25, 0.3) is 40.1 Å². The number of sulfonamides is 4. The summed E-state index contributed by atoms with van der Waals surface area (Å²) in [7, 11) is -16.5. The van der Waals surface area contributed by atoms with Gasteiger partial charge in [0.1, 0.15) is 6.61 Å². The highest BCUT2D eigenvalue weighted by molar-refractivity contribution is 7.90. The summed E-state index contributed by atoms with van der Waals surface area (Å²) in [6.07, 6.45) is 30.5. The van der Waals surface area contributed by atoms with Gasteiger partial charge in [-0.25, -0.2) is 58.0 Å². The molecule has 37 nitrogen and oxygen atoms in total. The SMILES string of the molecule is Cc1cc2c(c3c1-c1ccnc(c1)OCCCCCn1ccc(n1)S(=O)(=O)NC(=O)N3)CCC2.O=C1Nc2c(ccc3c2CCC3)-c2ccnc(c2)OCCCCCn2ccc(n2)S(=O)(=O)N1.O=C1Nc2c(ccc3c2CCC3)-c2ccnc(c2)OCCCCn2ccc(n2)S(=O)(=O)N1.O=C1Nc2c(ccc3c2CCC3)-c2ccnc(c2)OCCOCCn2ccc(n2)S(=O)(=O)N1. The Kier molecular flexibility index (Phi) is 27.4. The zero-order valence-corrected chi connectivity index (χ0v) is 75.5. The summed E-state index contributed by atoms with van der Waals surface area (Å²) in [6, 6.07) is 31.1. The highest BCUT2D eigenvalue weighted by Crippen LogP contribution is 2.44. The van der Waals surface area contributed by atoms with Crippen LogP contribution in [0.25, 0.3) is 44.5 Å². The minimum atomic E-state index is -4.14. The second-order valence-electron chi connectivity index (χ2n) is 32.6. The Balaban J connectivity index is 0.000000123. The Labute approximate surface area is 762 Å². The number of carbonyl (C=O) groups excluding carboxylic acids is 4. The first-order chi connectivity index (χ1) is 63.9. The normalized spacial score (nSPS) is 17.9. The first-order valence-corrected chi connectivity index (χ1v) is 49.9. The van der Waals surface area contributed by atoms with E-state index >= 15 is 0 Å². The van der Waals surface area contributed by atoms with E-state index in [0.717, 1.165) is 217 Å². The lowest BCUT2D eigenvalue weighted by atomic mass is 9.93. The summed E-state index contributed by atoms with van der Waals surface area (Å²) in [4.78, 5) is 68.6. The Morgan fingerprint density at radius 3 is 0.985 bits per heavy atom. The third-order valence-electron chi connectivity index (χ3n) is 23.6. The summed E-state index contributed by atoms with van der Waals surface area (Å²) >= 11 is 0. The van der Waals surface area contributed by atoms with Gasteiger partial charge >= 0.3 is 24.1 Å². The van der Waals surface area contributed by atoms with Gasteiger partial charge in [-0.05, 0) is 256 Å². The molecule has 0 atom stereocenters. The number of nitrogens with zero attached hydrogens (tertiary/aromatic N) is 12. The second kappa shape index (κ2) is 40.0. The maximum atomic E-state index is 12.9. The van der Waals surface area contributed by atoms with Crippen LogP contribution in [0.3, 0.4) is 0 Å². The van der Waals surface area contributed by atoms with Crippen LogP contribution in [0.15, 0.2) is 185 Å². The molecule has 12 heterocycles. The van der Waals surface area contributed by atoms with Gasteiger partial charge in [0.2, 0.25) is 23.5 Å². The summed E-state index contributed by atoms with van der Waals surface area (Å²) in [5, 5.41) is 26.9. The molecule has 132 heavy (non-hydrogen) atoms. The van der Waals surface area contributed by atoms with Crippen molar-refractivity contribution in [3.05, 3.63) is 215 Å². The van der Waals surface area contributed by atoms with Crippen molar-refractivity contribution in [2.45, 2.75) is 182 Å². The number of urea groups is 4. The number of fused-ring (bicyclic) bond motifs is 32. The maximum absolute atomic E-state index is 12.9. The Hall–Kier alpha value is -13.6. The Morgan fingerprint density at radius 1 is 0.295 bits per heavy atom. The fraction of sp³-hybridized carbons (Fsp3) is 0.341. The van der Waals surface area contributed by atoms with Crippen LogP contribution in [0.2, 0.25) is 0 Å². The third kappa shape index (κ3) is 21.5. The van der Waals surface area contributed by atoms with E-state index < -0.39 is 64.2 Å². The zero-order valence-electron chi connectivity index (χ0n) is 72.2. The molecule has 0 saturated heterocycles. The lowest BCUT2D eigenvalue weighted by Crippen LogP contribution is -2.35. The molecule has 0 radical (unpaired) electrons. The molecule has 20 rings (SSSR count). The number of aryl methyl sites for hydroxylation is 8. The van der Waals surface area contributed by atoms with Gasteiger partial charge < -0.3 is 45.0 Å². The van der Waals surface area contributed by atoms with Crippen molar-refractivity contribution in [3.63, 3.8) is 0 Å². The average molecular weight is 1870 g/mol. The minimum absolute atomic E-state index is 0.180. The van der Waals surface area contributed by atoms with Crippen LogP contribution in [-0.2, 0) is 122 Å². The summed E-state index contributed by atoms with van der Waals surface area (Å²) in [6.45, 7) is 6.58. The van der Waals surface area contributed by atoms with Gasteiger partial charge in [0, 0.05) is 116 Å². The molecule has 4 aliphatic carbocycles. The molecule has 8 aromatic heterocycles. The highest BCUT2D eigenvalue weighted by Gasteiger charge is 2.32. The van der Waals surface area contributed by atoms with Gasteiger partial charge in [-0.2, -0.15) is 54.1 Å². The van der Waals surface area contributed by atoms with Crippen molar-refractivity contribution in [1.29, 1.82) is 0 Å². The van der Waals surface area contributed by atoms with Crippen LogP contribution in [0.4, 0.5) is 41.9 Å². The standard InChI is InChI=1S/C24H27N5O4S.C23H25N5O4S.C22H23N5O5S.C22H23N5O4S/c1-16-14-17-6-5-7-19(17)23-22(16)18-8-10-25-20(15-18)33-13-4-2-3-11-29-12-9-21(27-29)34(31,32)28-24(30)26-23;29-23-25-22-18-6-4-5-16(18)7-8-19(22)17-9-11-24-20(15-17)32-14-3-1-2-12-28-13-10-21(26-28)33(30,31)27-23;28-22-24-21-17-3-1-2-15(17)4-5-18(21)16-6-8-23-19(14-16)32-13-12-31-11-10-27-9-7-20(25-27)33(29,30)26-22;28-22-24-21-17-5-3-4-15(17)6-7-18(21)16-8-10-23-19(14-16)31-13-2-1-11-27-12-9-20(25-27)32(29,30)26-22/h8-10,12,14-15H,2-7,11,13H2,1H3,(H2,26,28,30);7-11,13,15H,1-6,12,14H2,(H2,25,27,29);4-9,14H,1-3,10-13H2,(H2,24,26,28);6-10,12,14H,1-5,11,13H2,(H2,24,26,28). The van der Waals surface area contributed by atoms with Crippen LogP contribution in [0.1, 0.15) is 127 Å². The molecule has 4 aromatic carbocycles. The van der Waals surface area contributed by atoms with Crippen LogP contribution >= 0.6 is 0 Å². The van der Waals surface area contributed by atoms with E-state index in [1.165, 1.54) is 40.7 Å². The van der Waals surface area contributed by atoms with Crippen LogP contribution in [0.5, 0.6) is 23.5 Å². The number of carbonyl (C=O) groups is 4.